The fraction of sp³-hybridized carbons (Fsp3) is 0.357. The van der Waals surface area contributed by atoms with Crippen molar-refractivity contribution in [2.75, 3.05) is 0 Å². The summed E-state index contributed by atoms with van der Waals surface area (Å²) in [5.41, 5.74) is 2.24. The van der Waals surface area contributed by atoms with Crippen LogP contribution in [0.15, 0.2) is 71.6 Å². The van der Waals surface area contributed by atoms with Crippen LogP contribution < -0.4 is 0 Å². The van der Waals surface area contributed by atoms with Crippen molar-refractivity contribution in [2.45, 2.75) is 61.8 Å². The lowest BCUT2D eigenvalue weighted by atomic mass is 9.84. The van der Waals surface area contributed by atoms with E-state index in [1.165, 1.54) is 24.3 Å². The molecular weight excluding hydrogens is 476 g/mol. The van der Waals surface area contributed by atoms with E-state index in [9.17, 15) is 26.0 Å². The fourth-order valence-electron chi connectivity index (χ4n) is 4.92. The zero-order chi connectivity index (χ0) is 25.2. The third-order valence-electron chi connectivity index (χ3n) is 6.93. The van der Waals surface area contributed by atoms with E-state index in [0.717, 1.165) is 23.6 Å². The van der Waals surface area contributed by atoms with Gasteiger partial charge in [0.25, 0.3) is 0 Å². The van der Waals surface area contributed by atoms with Gasteiger partial charge in [0.1, 0.15) is 5.82 Å². The minimum atomic E-state index is -4.38. The number of halogens is 4. The fourth-order valence-corrected chi connectivity index (χ4v) is 6.76. The van der Waals surface area contributed by atoms with Crippen molar-refractivity contribution in [3.05, 3.63) is 100 Å². The van der Waals surface area contributed by atoms with Crippen molar-refractivity contribution in [1.82, 2.24) is 0 Å². The molecule has 4 rings (SSSR count). The summed E-state index contributed by atoms with van der Waals surface area (Å²) >= 11 is 0. The summed E-state index contributed by atoms with van der Waals surface area (Å²) in [5.74, 6) is -0.312. The third-order valence-corrected chi connectivity index (χ3v) is 9.10. The first-order valence-electron chi connectivity index (χ1n) is 11.8. The highest BCUT2D eigenvalue weighted by Gasteiger charge is 2.33. The van der Waals surface area contributed by atoms with E-state index in [0.29, 0.717) is 43.2 Å². The first-order valence-corrected chi connectivity index (χ1v) is 13.3. The second kappa shape index (κ2) is 10.1. The van der Waals surface area contributed by atoms with Crippen molar-refractivity contribution in [3.8, 4) is 0 Å². The molecular formula is C28H28F4O2S. The number of rotatable bonds is 5. The van der Waals surface area contributed by atoms with Crippen molar-refractivity contribution in [1.29, 1.82) is 0 Å². The van der Waals surface area contributed by atoms with E-state index in [2.05, 4.69) is 0 Å². The Kier molecular flexibility index (Phi) is 7.36. The zero-order valence-corrected chi connectivity index (χ0v) is 20.3. The molecule has 0 bridgehead atoms. The lowest BCUT2D eigenvalue weighted by molar-refractivity contribution is -0.137. The molecule has 0 heterocycles. The Morgan fingerprint density at radius 1 is 0.914 bits per heavy atom. The molecule has 186 valence electrons. The highest BCUT2D eigenvalue weighted by Crippen LogP contribution is 2.40. The average molecular weight is 505 g/mol. The van der Waals surface area contributed by atoms with Gasteiger partial charge in [-0.15, -0.1) is 0 Å². The highest BCUT2D eigenvalue weighted by molar-refractivity contribution is 7.91. The number of alkyl halides is 3. The van der Waals surface area contributed by atoms with Gasteiger partial charge in [-0.3, -0.25) is 0 Å². The Morgan fingerprint density at radius 2 is 1.66 bits per heavy atom. The second-order valence-electron chi connectivity index (χ2n) is 9.41. The number of hydrogen-bond donors (Lipinski definition) is 0. The van der Waals surface area contributed by atoms with E-state index in [4.69, 9.17) is 0 Å². The van der Waals surface area contributed by atoms with Crippen LogP contribution >= 0.6 is 0 Å². The van der Waals surface area contributed by atoms with Gasteiger partial charge in [0.05, 0.1) is 15.7 Å². The summed E-state index contributed by atoms with van der Waals surface area (Å²) in [5, 5.41) is -0.868. The molecule has 0 N–H and O–H groups in total. The van der Waals surface area contributed by atoms with Crippen LogP contribution in [0.1, 0.15) is 58.8 Å². The molecule has 2 unspecified atom stereocenters. The van der Waals surface area contributed by atoms with Crippen LogP contribution in [0.4, 0.5) is 17.6 Å². The molecule has 7 heteroatoms. The molecule has 0 spiro atoms. The third kappa shape index (κ3) is 5.95. The molecule has 0 aromatic heterocycles. The minimum absolute atomic E-state index is 0.151. The highest BCUT2D eigenvalue weighted by atomic mass is 32.2. The van der Waals surface area contributed by atoms with Crippen LogP contribution in [0.5, 0.6) is 0 Å². The summed E-state index contributed by atoms with van der Waals surface area (Å²) in [6.45, 7) is 1.88. The van der Waals surface area contributed by atoms with Gasteiger partial charge in [-0.25, -0.2) is 12.8 Å². The molecule has 0 saturated carbocycles. The number of aryl methyl sites for hydroxylation is 3. The first kappa shape index (κ1) is 25.4. The Labute approximate surface area is 203 Å². The van der Waals surface area contributed by atoms with Gasteiger partial charge in [-0.2, -0.15) is 13.2 Å². The summed E-state index contributed by atoms with van der Waals surface area (Å²) in [6.07, 6.45) is -0.926. The Balaban J connectivity index is 1.58. The van der Waals surface area contributed by atoms with Crippen LogP contribution in [0.3, 0.4) is 0 Å². The smallest absolute Gasteiger partial charge is 0.223 e. The van der Waals surface area contributed by atoms with Crippen LogP contribution in [-0.4, -0.2) is 8.42 Å². The van der Waals surface area contributed by atoms with Gasteiger partial charge >= 0.3 is 6.18 Å². The molecule has 1 aliphatic carbocycles. The Bertz CT molecular complexity index is 1280. The molecule has 2 atom stereocenters. The largest absolute Gasteiger partial charge is 0.416 e. The Morgan fingerprint density at radius 3 is 2.37 bits per heavy atom. The van der Waals surface area contributed by atoms with E-state index < -0.39 is 32.6 Å². The molecule has 2 nitrogen and oxygen atoms in total. The average Bonchev–Trinajstić information content (AvgIpc) is 2.79. The summed E-state index contributed by atoms with van der Waals surface area (Å²) < 4.78 is 80.6. The SMILES string of the molecule is Cc1ccc(S(=O)(=O)C2CCC(CCc3cccc(C(F)(F)F)c3)CCc3ccc(F)cc32)cc1. The molecule has 1 aliphatic rings. The van der Waals surface area contributed by atoms with Crippen molar-refractivity contribution >= 4 is 9.84 Å². The van der Waals surface area contributed by atoms with E-state index in [1.807, 2.05) is 6.92 Å². The van der Waals surface area contributed by atoms with Gasteiger partial charge in [0.2, 0.25) is 0 Å². The predicted octanol–water partition coefficient (Wildman–Crippen LogP) is 7.64. The van der Waals surface area contributed by atoms with Crippen LogP contribution in [0.25, 0.3) is 0 Å². The number of sulfone groups is 1. The molecule has 0 fully saturated rings. The lowest BCUT2D eigenvalue weighted by Crippen LogP contribution is -2.20. The maximum absolute atomic E-state index is 14.2. The van der Waals surface area contributed by atoms with Gasteiger partial charge in [-0.1, -0.05) is 42.0 Å². The molecule has 3 aromatic rings. The maximum Gasteiger partial charge on any atom is 0.416 e. The number of benzene rings is 3. The van der Waals surface area contributed by atoms with Crippen molar-refractivity contribution in [2.24, 2.45) is 5.92 Å². The maximum atomic E-state index is 14.2. The topological polar surface area (TPSA) is 34.1 Å². The first-order chi connectivity index (χ1) is 16.5. The van der Waals surface area contributed by atoms with E-state index in [-0.39, 0.29) is 10.8 Å². The van der Waals surface area contributed by atoms with E-state index >= 15 is 0 Å². The molecule has 0 saturated heterocycles. The standard InChI is InChI=1S/C28H28F4O2S/c1-19-5-14-25(15-6-19)35(33,34)27-16-10-20(9-11-22-12-13-24(29)18-26(22)27)7-8-21-3-2-4-23(17-21)28(30,31)32/h2-6,12-15,17-18,20,27H,7-11,16H2,1H3. The zero-order valence-electron chi connectivity index (χ0n) is 19.5. The molecule has 0 radical (unpaired) electrons. The van der Waals surface area contributed by atoms with Gasteiger partial charge in [0.15, 0.2) is 9.84 Å². The molecule has 0 aliphatic heterocycles. The van der Waals surface area contributed by atoms with Crippen molar-refractivity contribution in [3.63, 3.8) is 0 Å². The summed E-state index contributed by atoms with van der Waals surface area (Å²) in [7, 11) is -3.75. The molecule has 0 amide bonds. The van der Waals surface area contributed by atoms with E-state index in [1.54, 1.807) is 36.4 Å². The van der Waals surface area contributed by atoms with Gasteiger partial charge in [-0.05, 0) is 98.4 Å². The summed E-state index contributed by atoms with van der Waals surface area (Å²) in [6, 6.07) is 16.4. The monoisotopic (exact) mass is 504 g/mol. The van der Waals surface area contributed by atoms with Gasteiger partial charge in [0, 0.05) is 0 Å². The quantitative estimate of drug-likeness (QED) is 0.335. The minimum Gasteiger partial charge on any atom is -0.223 e. The predicted molar refractivity (Wildman–Crippen MR) is 128 cm³/mol. The van der Waals surface area contributed by atoms with Crippen LogP contribution in [-0.2, 0) is 28.9 Å². The van der Waals surface area contributed by atoms with Crippen LogP contribution in [0, 0.1) is 18.7 Å². The summed E-state index contributed by atoms with van der Waals surface area (Å²) in [4.78, 5) is 0.212. The Hall–Kier alpha value is -2.67. The van der Waals surface area contributed by atoms with Gasteiger partial charge < -0.3 is 0 Å². The molecule has 3 aromatic carbocycles. The lowest BCUT2D eigenvalue weighted by Gasteiger charge is -2.27. The van der Waals surface area contributed by atoms with Crippen LogP contribution in [0.2, 0.25) is 0 Å². The normalized spacial score (nSPS) is 19.0. The number of hydrogen-bond acceptors (Lipinski definition) is 2. The number of fused-ring (bicyclic) bond motifs is 1. The second-order valence-corrected chi connectivity index (χ2v) is 11.5. The van der Waals surface area contributed by atoms with Crippen molar-refractivity contribution < 1.29 is 26.0 Å². The molecule has 35 heavy (non-hydrogen) atoms.